The van der Waals surface area contributed by atoms with Crippen molar-refractivity contribution >= 4 is 5.82 Å². The maximum absolute atomic E-state index is 5.80. The number of rotatable bonds is 3. The van der Waals surface area contributed by atoms with Gasteiger partial charge in [0.2, 0.25) is 0 Å². The van der Waals surface area contributed by atoms with E-state index in [0.29, 0.717) is 18.0 Å². The normalized spacial score (nSPS) is 28.1. The van der Waals surface area contributed by atoms with Gasteiger partial charge in [0.05, 0.1) is 30.8 Å². The maximum atomic E-state index is 5.80. The van der Waals surface area contributed by atoms with Gasteiger partial charge in [0.1, 0.15) is 0 Å². The zero-order valence-corrected chi connectivity index (χ0v) is 10.4. The van der Waals surface area contributed by atoms with Crippen molar-refractivity contribution in [2.75, 3.05) is 18.6 Å². The largest absolute Gasteiger partial charge is 0.375 e. The molecular weight excluding hydrogens is 230 g/mol. The highest BCUT2D eigenvalue weighted by molar-refractivity contribution is 5.28. The third kappa shape index (κ3) is 2.31. The van der Waals surface area contributed by atoms with Crippen LogP contribution in [0, 0.1) is 0 Å². The summed E-state index contributed by atoms with van der Waals surface area (Å²) >= 11 is 0. The maximum Gasteiger partial charge on any atom is 0.158 e. The zero-order chi connectivity index (χ0) is 12.4. The van der Waals surface area contributed by atoms with Gasteiger partial charge in [-0.25, -0.2) is 10.8 Å². The molecule has 1 aliphatic heterocycles. The number of ether oxygens (including phenoxy) is 1. The fraction of sp³-hybridized carbons (Fsp3) is 0.667. The van der Waals surface area contributed by atoms with E-state index in [0.717, 1.165) is 25.4 Å². The number of morpholine rings is 1. The number of hydrazine groups is 1. The minimum absolute atomic E-state index is 0.427. The number of hydrogen-bond donors (Lipinski definition) is 2. The van der Waals surface area contributed by atoms with Crippen molar-refractivity contribution in [2.45, 2.75) is 38.0 Å². The predicted molar refractivity (Wildman–Crippen MR) is 67.6 cm³/mol. The van der Waals surface area contributed by atoms with E-state index in [2.05, 4.69) is 20.3 Å². The Morgan fingerprint density at radius 3 is 3.11 bits per heavy atom. The molecule has 1 saturated carbocycles. The first-order chi connectivity index (χ1) is 8.86. The van der Waals surface area contributed by atoms with E-state index < -0.39 is 0 Å². The lowest BCUT2D eigenvalue weighted by Gasteiger charge is -2.37. The summed E-state index contributed by atoms with van der Waals surface area (Å²) in [5.41, 5.74) is 3.48. The summed E-state index contributed by atoms with van der Waals surface area (Å²) in [4.78, 5) is 11.0. The number of hydrogen-bond acceptors (Lipinski definition) is 6. The van der Waals surface area contributed by atoms with Crippen LogP contribution in [0.25, 0.3) is 0 Å². The molecule has 2 aliphatic rings. The van der Waals surface area contributed by atoms with Crippen LogP contribution in [-0.2, 0) is 11.3 Å². The van der Waals surface area contributed by atoms with Gasteiger partial charge in [0.25, 0.3) is 0 Å². The Morgan fingerprint density at radius 2 is 2.33 bits per heavy atom. The van der Waals surface area contributed by atoms with Crippen LogP contribution in [0.1, 0.15) is 25.0 Å². The number of nitrogens with two attached hydrogens (primary N) is 1. The Balaban J connectivity index is 1.67. The Morgan fingerprint density at radius 1 is 1.39 bits per heavy atom. The second-order valence-corrected chi connectivity index (χ2v) is 4.92. The van der Waals surface area contributed by atoms with E-state index in [9.17, 15) is 0 Å². The summed E-state index contributed by atoms with van der Waals surface area (Å²) in [5.74, 6) is 5.87. The van der Waals surface area contributed by atoms with Crippen LogP contribution in [-0.4, -0.2) is 40.2 Å². The van der Waals surface area contributed by atoms with Crippen LogP contribution < -0.4 is 11.3 Å². The first-order valence-corrected chi connectivity index (χ1v) is 6.50. The number of fused-ring (bicyclic) bond motifs is 1. The lowest BCUT2D eigenvalue weighted by atomic mass is 10.1. The Labute approximate surface area is 107 Å². The molecule has 98 valence electrons. The quantitative estimate of drug-likeness (QED) is 0.600. The van der Waals surface area contributed by atoms with E-state index in [1.165, 1.54) is 19.3 Å². The van der Waals surface area contributed by atoms with Crippen LogP contribution in [0.5, 0.6) is 0 Å². The van der Waals surface area contributed by atoms with Crippen molar-refractivity contribution < 1.29 is 4.74 Å². The molecule has 1 aromatic heterocycles. The van der Waals surface area contributed by atoms with Gasteiger partial charge >= 0.3 is 0 Å². The van der Waals surface area contributed by atoms with E-state index >= 15 is 0 Å². The molecule has 0 bridgehead atoms. The standard InChI is InChI=1S/C12H19N5O/c13-16-12-7-14-9(6-15-12)8-17-4-5-18-11-3-1-2-10(11)17/h6-7,10-11H,1-5,8,13H2,(H,15,16). The third-order valence-electron chi connectivity index (χ3n) is 3.82. The Kier molecular flexibility index (Phi) is 3.40. The second kappa shape index (κ2) is 5.17. The van der Waals surface area contributed by atoms with Crippen LogP contribution in [0.4, 0.5) is 5.82 Å². The monoisotopic (exact) mass is 249 g/mol. The highest BCUT2D eigenvalue weighted by atomic mass is 16.5. The van der Waals surface area contributed by atoms with Gasteiger partial charge in [0, 0.05) is 19.1 Å². The lowest BCUT2D eigenvalue weighted by molar-refractivity contribution is -0.0592. The molecule has 18 heavy (non-hydrogen) atoms. The van der Waals surface area contributed by atoms with Gasteiger partial charge in [-0.3, -0.25) is 9.88 Å². The van der Waals surface area contributed by atoms with Gasteiger partial charge < -0.3 is 10.2 Å². The number of nitrogens with one attached hydrogen (secondary N) is 1. The van der Waals surface area contributed by atoms with Gasteiger partial charge in [-0.15, -0.1) is 0 Å². The molecule has 6 heteroatoms. The Bertz CT molecular complexity index is 396. The summed E-state index contributed by atoms with van der Waals surface area (Å²) in [5, 5.41) is 0. The molecule has 3 N–H and O–H groups in total. The molecule has 2 unspecified atom stereocenters. The molecule has 0 aromatic carbocycles. The van der Waals surface area contributed by atoms with E-state index in [4.69, 9.17) is 10.6 Å². The van der Waals surface area contributed by atoms with Crippen LogP contribution in [0.3, 0.4) is 0 Å². The summed E-state index contributed by atoms with van der Waals surface area (Å²) < 4.78 is 5.80. The van der Waals surface area contributed by atoms with Gasteiger partial charge in [-0.2, -0.15) is 0 Å². The molecule has 0 amide bonds. The average molecular weight is 249 g/mol. The highest BCUT2D eigenvalue weighted by Crippen LogP contribution is 2.30. The molecule has 2 atom stereocenters. The summed E-state index contributed by atoms with van der Waals surface area (Å²) in [6.07, 6.45) is 7.59. The van der Waals surface area contributed by atoms with Crippen LogP contribution >= 0.6 is 0 Å². The van der Waals surface area contributed by atoms with E-state index in [1.807, 2.05) is 0 Å². The molecule has 1 saturated heterocycles. The third-order valence-corrected chi connectivity index (χ3v) is 3.82. The first kappa shape index (κ1) is 11.8. The van der Waals surface area contributed by atoms with Crippen LogP contribution in [0.15, 0.2) is 12.4 Å². The molecular formula is C12H19N5O. The van der Waals surface area contributed by atoms with Crippen molar-refractivity contribution in [1.29, 1.82) is 0 Å². The summed E-state index contributed by atoms with van der Waals surface area (Å²) in [6.45, 7) is 2.67. The molecule has 6 nitrogen and oxygen atoms in total. The minimum atomic E-state index is 0.427. The molecule has 1 aliphatic carbocycles. The molecule has 3 rings (SSSR count). The van der Waals surface area contributed by atoms with Gasteiger partial charge in [-0.1, -0.05) is 0 Å². The molecule has 0 spiro atoms. The van der Waals surface area contributed by atoms with Gasteiger partial charge in [-0.05, 0) is 19.3 Å². The smallest absolute Gasteiger partial charge is 0.158 e. The van der Waals surface area contributed by atoms with E-state index in [-0.39, 0.29) is 0 Å². The molecule has 0 radical (unpaired) electrons. The number of aromatic nitrogens is 2. The van der Waals surface area contributed by atoms with Crippen molar-refractivity contribution in [1.82, 2.24) is 14.9 Å². The fourth-order valence-electron chi connectivity index (χ4n) is 2.92. The van der Waals surface area contributed by atoms with Gasteiger partial charge in [0.15, 0.2) is 5.82 Å². The van der Waals surface area contributed by atoms with Crippen molar-refractivity contribution in [3.63, 3.8) is 0 Å². The number of nitrogens with zero attached hydrogens (tertiary/aromatic N) is 3. The Hall–Kier alpha value is -1.24. The first-order valence-electron chi connectivity index (χ1n) is 6.50. The molecule has 2 heterocycles. The SMILES string of the molecule is NNc1cnc(CN2CCOC3CCCC32)cn1. The summed E-state index contributed by atoms with van der Waals surface area (Å²) in [7, 11) is 0. The van der Waals surface area contributed by atoms with Crippen LogP contribution in [0.2, 0.25) is 0 Å². The summed E-state index contributed by atoms with van der Waals surface area (Å²) in [6, 6.07) is 0.563. The zero-order valence-electron chi connectivity index (χ0n) is 10.4. The predicted octanol–water partition coefficient (Wildman–Crippen LogP) is 0.515. The minimum Gasteiger partial charge on any atom is -0.375 e. The fourth-order valence-corrected chi connectivity index (χ4v) is 2.92. The molecule has 1 aromatic rings. The van der Waals surface area contributed by atoms with Crippen molar-refractivity contribution in [2.24, 2.45) is 5.84 Å². The van der Waals surface area contributed by atoms with Crippen molar-refractivity contribution in [3.8, 4) is 0 Å². The highest BCUT2D eigenvalue weighted by Gasteiger charge is 2.35. The second-order valence-electron chi connectivity index (χ2n) is 4.92. The topological polar surface area (TPSA) is 76.3 Å². The van der Waals surface area contributed by atoms with E-state index in [1.54, 1.807) is 12.4 Å². The molecule has 2 fully saturated rings. The van der Waals surface area contributed by atoms with Crippen molar-refractivity contribution in [3.05, 3.63) is 18.1 Å². The number of anilines is 1. The number of nitrogen functional groups attached to an aromatic ring is 1. The average Bonchev–Trinajstić information content (AvgIpc) is 2.89. The lowest BCUT2D eigenvalue weighted by Crippen LogP contribution is -2.47.